The van der Waals surface area contributed by atoms with E-state index in [1.165, 1.54) is 26.4 Å². The van der Waals surface area contributed by atoms with Crippen LogP contribution in [0.25, 0.3) is 0 Å². The fraction of sp³-hybridized carbons (Fsp3) is 0.933. The predicted molar refractivity (Wildman–Crippen MR) is 77.3 cm³/mol. The number of hydrogen-bond acceptors (Lipinski definition) is 5. The van der Waals surface area contributed by atoms with Gasteiger partial charge in [-0.1, -0.05) is 13.3 Å². The molecule has 0 aromatic carbocycles. The lowest BCUT2D eigenvalue weighted by Crippen LogP contribution is -2.53. The lowest BCUT2D eigenvalue weighted by Gasteiger charge is -2.45. The van der Waals surface area contributed by atoms with E-state index >= 15 is 0 Å². The molecule has 2 N–H and O–H groups in total. The first-order valence-corrected chi connectivity index (χ1v) is 7.76. The molecule has 0 radical (unpaired) electrons. The second-order valence-corrected chi connectivity index (χ2v) is 6.25. The van der Waals surface area contributed by atoms with Crippen molar-refractivity contribution < 1.29 is 14.3 Å². The smallest absolute Gasteiger partial charge is 0.308 e. The number of rotatable bonds is 4. The van der Waals surface area contributed by atoms with E-state index in [9.17, 15) is 4.79 Å². The number of carbonyl (C=O) groups is 1. The molecule has 0 amide bonds. The van der Waals surface area contributed by atoms with E-state index in [2.05, 4.69) is 11.8 Å². The summed E-state index contributed by atoms with van der Waals surface area (Å²) >= 11 is 0. The maximum absolute atomic E-state index is 11.4. The van der Waals surface area contributed by atoms with E-state index in [0.29, 0.717) is 25.0 Å². The van der Waals surface area contributed by atoms with Crippen LogP contribution in [0.1, 0.15) is 32.6 Å². The Morgan fingerprint density at radius 3 is 2.95 bits per heavy atom. The zero-order valence-electron chi connectivity index (χ0n) is 12.7. The average molecular weight is 284 g/mol. The SMILES string of the molecule is COC(=O)CC1CN(C2CC(C)CCC2CN)CCO1. The van der Waals surface area contributed by atoms with Crippen LogP contribution < -0.4 is 5.73 Å². The number of carbonyl (C=O) groups excluding carboxylic acids is 1. The zero-order chi connectivity index (χ0) is 14.5. The van der Waals surface area contributed by atoms with Crippen molar-refractivity contribution in [2.45, 2.75) is 44.8 Å². The van der Waals surface area contributed by atoms with Gasteiger partial charge in [-0.15, -0.1) is 0 Å². The van der Waals surface area contributed by atoms with Gasteiger partial charge in [-0.05, 0) is 31.2 Å². The van der Waals surface area contributed by atoms with Crippen molar-refractivity contribution in [2.75, 3.05) is 33.4 Å². The van der Waals surface area contributed by atoms with Crippen LogP contribution in [-0.2, 0) is 14.3 Å². The summed E-state index contributed by atoms with van der Waals surface area (Å²) in [5.41, 5.74) is 5.95. The largest absolute Gasteiger partial charge is 0.469 e. The summed E-state index contributed by atoms with van der Waals surface area (Å²) in [6.45, 7) is 5.56. The molecule has 0 spiro atoms. The fourth-order valence-electron chi connectivity index (χ4n) is 3.57. The monoisotopic (exact) mass is 284 g/mol. The van der Waals surface area contributed by atoms with Crippen LogP contribution in [0.15, 0.2) is 0 Å². The predicted octanol–water partition coefficient (Wildman–Crippen LogP) is 1.01. The molecule has 0 aromatic heterocycles. The minimum absolute atomic E-state index is 0.0353. The van der Waals surface area contributed by atoms with E-state index < -0.39 is 0 Å². The summed E-state index contributed by atoms with van der Waals surface area (Å²) < 4.78 is 10.4. The van der Waals surface area contributed by atoms with Crippen LogP contribution in [0.3, 0.4) is 0 Å². The molecule has 4 atom stereocenters. The third-order valence-corrected chi connectivity index (χ3v) is 4.78. The van der Waals surface area contributed by atoms with Gasteiger partial charge in [-0.25, -0.2) is 0 Å². The summed E-state index contributed by atoms with van der Waals surface area (Å²) in [6.07, 6.45) is 4.04. The third kappa shape index (κ3) is 3.93. The van der Waals surface area contributed by atoms with Gasteiger partial charge in [0.25, 0.3) is 0 Å². The molecular formula is C15H28N2O3. The maximum atomic E-state index is 11.4. The van der Waals surface area contributed by atoms with Crippen molar-refractivity contribution in [3.63, 3.8) is 0 Å². The lowest BCUT2D eigenvalue weighted by atomic mass is 9.78. The first kappa shape index (κ1) is 15.7. The summed E-state index contributed by atoms with van der Waals surface area (Å²) in [5, 5.41) is 0. The summed E-state index contributed by atoms with van der Waals surface area (Å²) in [7, 11) is 1.43. The van der Waals surface area contributed by atoms with Gasteiger partial charge in [-0.2, -0.15) is 0 Å². The number of nitrogens with two attached hydrogens (primary N) is 1. The minimum atomic E-state index is -0.191. The van der Waals surface area contributed by atoms with E-state index in [0.717, 1.165) is 25.6 Å². The molecule has 1 aliphatic heterocycles. The molecule has 5 heteroatoms. The lowest BCUT2D eigenvalue weighted by molar-refractivity contribution is -0.146. The number of hydrogen-bond donors (Lipinski definition) is 1. The van der Waals surface area contributed by atoms with Crippen LogP contribution in [-0.4, -0.2) is 56.4 Å². The molecule has 2 aliphatic rings. The number of esters is 1. The average Bonchev–Trinajstić information content (AvgIpc) is 2.47. The number of nitrogens with zero attached hydrogens (tertiary/aromatic N) is 1. The second-order valence-electron chi connectivity index (χ2n) is 6.25. The van der Waals surface area contributed by atoms with Crippen LogP contribution >= 0.6 is 0 Å². The van der Waals surface area contributed by atoms with Gasteiger partial charge in [-0.3, -0.25) is 9.69 Å². The molecule has 4 unspecified atom stereocenters. The Morgan fingerprint density at radius 1 is 1.45 bits per heavy atom. The van der Waals surface area contributed by atoms with E-state index in [1.54, 1.807) is 0 Å². The van der Waals surface area contributed by atoms with Gasteiger partial charge in [0.1, 0.15) is 0 Å². The van der Waals surface area contributed by atoms with Crippen molar-refractivity contribution >= 4 is 5.97 Å². The first-order chi connectivity index (χ1) is 9.63. The van der Waals surface area contributed by atoms with Crippen molar-refractivity contribution in [3.05, 3.63) is 0 Å². The Morgan fingerprint density at radius 2 is 2.25 bits per heavy atom. The van der Waals surface area contributed by atoms with Crippen molar-refractivity contribution in [1.29, 1.82) is 0 Å². The highest BCUT2D eigenvalue weighted by molar-refractivity contribution is 5.69. The van der Waals surface area contributed by atoms with E-state index in [-0.39, 0.29) is 12.1 Å². The summed E-state index contributed by atoms with van der Waals surface area (Å²) in [5.74, 6) is 1.16. The van der Waals surface area contributed by atoms with Gasteiger partial charge < -0.3 is 15.2 Å². The Bertz CT molecular complexity index is 324. The highest BCUT2D eigenvalue weighted by atomic mass is 16.5. The van der Waals surface area contributed by atoms with Gasteiger partial charge in [0, 0.05) is 19.1 Å². The molecule has 1 saturated carbocycles. The Kier molecular flexibility index (Phi) is 5.81. The van der Waals surface area contributed by atoms with Crippen LogP contribution in [0.5, 0.6) is 0 Å². The third-order valence-electron chi connectivity index (χ3n) is 4.78. The molecule has 1 heterocycles. The summed E-state index contributed by atoms with van der Waals surface area (Å²) in [4.78, 5) is 13.9. The molecule has 0 aromatic rings. The minimum Gasteiger partial charge on any atom is -0.469 e. The van der Waals surface area contributed by atoms with Crippen LogP contribution in [0, 0.1) is 11.8 Å². The van der Waals surface area contributed by atoms with Gasteiger partial charge in [0.15, 0.2) is 0 Å². The highest BCUT2D eigenvalue weighted by Gasteiger charge is 2.35. The highest BCUT2D eigenvalue weighted by Crippen LogP contribution is 2.32. The molecule has 2 fully saturated rings. The van der Waals surface area contributed by atoms with E-state index in [4.69, 9.17) is 15.2 Å². The Balaban J connectivity index is 1.94. The van der Waals surface area contributed by atoms with Gasteiger partial charge in [0.2, 0.25) is 0 Å². The molecule has 1 saturated heterocycles. The van der Waals surface area contributed by atoms with Crippen molar-refractivity contribution in [3.8, 4) is 0 Å². The Labute approximate surface area is 121 Å². The summed E-state index contributed by atoms with van der Waals surface area (Å²) in [6, 6.07) is 0.549. The Hall–Kier alpha value is -0.650. The van der Waals surface area contributed by atoms with E-state index in [1.807, 2.05) is 0 Å². The number of morpholine rings is 1. The van der Waals surface area contributed by atoms with Crippen molar-refractivity contribution in [1.82, 2.24) is 4.90 Å². The van der Waals surface area contributed by atoms with Crippen LogP contribution in [0.4, 0.5) is 0 Å². The number of ether oxygens (including phenoxy) is 2. The van der Waals surface area contributed by atoms with Gasteiger partial charge in [0.05, 0.1) is 26.2 Å². The standard InChI is InChI=1S/C15H28N2O3/c1-11-3-4-12(9-16)14(7-11)17-5-6-20-13(10-17)8-15(18)19-2/h11-14H,3-10,16H2,1-2H3. The quantitative estimate of drug-likeness (QED) is 0.781. The molecule has 2 rings (SSSR count). The molecule has 5 nitrogen and oxygen atoms in total. The first-order valence-electron chi connectivity index (χ1n) is 7.76. The normalized spacial score (nSPS) is 35.8. The second kappa shape index (κ2) is 7.38. The number of methoxy groups -OCH3 is 1. The molecule has 1 aliphatic carbocycles. The van der Waals surface area contributed by atoms with Gasteiger partial charge >= 0.3 is 5.97 Å². The topological polar surface area (TPSA) is 64.8 Å². The molecule has 0 bridgehead atoms. The van der Waals surface area contributed by atoms with Crippen LogP contribution in [0.2, 0.25) is 0 Å². The molecule has 116 valence electrons. The fourth-order valence-corrected chi connectivity index (χ4v) is 3.57. The molecular weight excluding hydrogens is 256 g/mol. The maximum Gasteiger partial charge on any atom is 0.308 e. The molecule has 20 heavy (non-hydrogen) atoms. The zero-order valence-corrected chi connectivity index (χ0v) is 12.7. The van der Waals surface area contributed by atoms with Crippen molar-refractivity contribution in [2.24, 2.45) is 17.6 Å².